The van der Waals surface area contributed by atoms with Gasteiger partial charge in [-0.05, 0) is 44.0 Å². The minimum Gasteiger partial charge on any atom is -0.481 e. The van der Waals surface area contributed by atoms with Gasteiger partial charge in [0, 0.05) is 23.1 Å². The van der Waals surface area contributed by atoms with Crippen LogP contribution >= 0.6 is 0 Å². The number of rotatable bonds is 7. The van der Waals surface area contributed by atoms with Gasteiger partial charge in [-0.25, -0.2) is 14.2 Å². The number of nitrogens with one attached hydrogen (secondary N) is 1. The summed E-state index contributed by atoms with van der Waals surface area (Å²) in [5, 5.41) is 6.80. The Bertz CT molecular complexity index is 1280. The zero-order valence-corrected chi connectivity index (χ0v) is 18.9. The van der Waals surface area contributed by atoms with Crippen molar-refractivity contribution in [1.29, 1.82) is 0 Å². The predicted octanol–water partition coefficient (Wildman–Crippen LogP) is 4.47. The number of alkyl carbamates (subject to hydrolysis) is 1. The second-order valence-electron chi connectivity index (χ2n) is 7.82. The van der Waals surface area contributed by atoms with Crippen LogP contribution in [0.4, 0.5) is 9.18 Å². The number of ether oxygens (including phenoxy) is 2. The molecule has 1 saturated heterocycles. The molecule has 2 amide bonds. The molecule has 0 unspecified atom stereocenters. The molecule has 172 valence electrons. The van der Waals surface area contributed by atoms with Crippen LogP contribution < -0.4 is 10.1 Å². The third kappa shape index (κ3) is 3.83. The molecule has 3 aromatic rings. The number of hydrogen-bond acceptors (Lipinski definition) is 6. The van der Waals surface area contributed by atoms with Gasteiger partial charge in [-0.2, -0.15) is 5.10 Å². The summed E-state index contributed by atoms with van der Waals surface area (Å²) in [7, 11) is 1.51. The second kappa shape index (κ2) is 8.65. The van der Waals surface area contributed by atoms with Gasteiger partial charge in [-0.15, -0.1) is 0 Å². The van der Waals surface area contributed by atoms with Gasteiger partial charge in [-0.1, -0.05) is 19.9 Å². The number of aryl methyl sites for hydroxylation is 1. The summed E-state index contributed by atoms with van der Waals surface area (Å²) in [6.07, 6.45) is 3.58. The number of halogens is 1. The number of imide groups is 1. The van der Waals surface area contributed by atoms with Crippen molar-refractivity contribution in [2.45, 2.75) is 45.6 Å². The van der Waals surface area contributed by atoms with E-state index < -0.39 is 17.4 Å². The van der Waals surface area contributed by atoms with Crippen LogP contribution in [-0.2, 0) is 21.5 Å². The molecule has 9 heteroatoms. The molecule has 2 aromatic heterocycles. The zero-order chi connectivity index (χ0) is 23.8. The average molecular weight is 452 g/mol. The number of benzene rings is 1. The van der Waals surface area contributed by atoms with E-state index >= 15 is 0 Å². The van der Waals surface area contributed by atoms with E-state index in [0.29, 0.717) is 47.4 Å². The minimum absolute atomic E-state index is 0.0461. The molecule has 1 N–H and O–H groups in total. The van der Waals surface area contributed by atoms with E-state index in [2.05, 4.69) is 15.4 Å². The smallest absolute Gasteiger partial charge is 0.419 e. The molecule has 1 fully saturated rings. The fraction of sp³-hybridized carbons (Fsp3) is 0.333. The fourth-order valence-corrected chi connectivity index (χ4v) is 4.25. The highest BCUT2D eigenvalue weighted by Crippen LogP contribution is 2.40. The van der Waals surface area contributed by atoms with Gasteiger partial charge in [-0.3, -0.25) is 14.8 Å². The van der Waals surface area contributed by atoms with Crippen LogP contribution in [0, 0.1) is 5.82 Å². The van der Waals surface area contributed by atoms with Crippen LogP contribution in [0.1, 0.15) is 39.2 Å². The molecule has 4 rings (SSSR count). The molecule has 0 saturated carbocycles. The first-order valence-electron chi connectivity index (χ1n) is 10.8. The largest absolute Gasteiger partial charge is 0.481 e. The predicted molar refractivity (Wildman–Crippen MR) is 120 cm³/mol. The molecule has 33 heavy (non-hydrogen) atoms. The highest BCUT2D eigenvalue weighted by Gasteiger charge is 2.36. The summed E-state index contributed by atoms with van der Waals surface area (Å²) in [6.45, 7) is 6.50. The number of nitrogens with zero attached hydrogens (tertiary/aromatic N) is 3. The number of carbonyl (C=O) groups excluding carboxylic acids is 2. The molecule has 1 aliphatic rings. The van der Waals surface area contributed by atoms with Gasteiger partial charge < -0.3 is 9.47 Å². The van der Waals surface area contributed by atoms with Crippen LogP contribution in [0.2, 0.25) is 0 Å². The number of fused-ring (bicyclic) bond motifs is 1. The molecular weight excluding hydrogens is 427 g/mol. The maximum absolute atomic E-state index is 14.7. The molecule has 3 heterocycles. The Morgan fingerprint density at radius 3 is 2.58 bits per heavy atom. The van der Waals surface area contributed by atoms with Crippen LogP contribution in [0.25, 0.3) is 22.2 Å². The lowest BCUT2D eigenvalue weighted by atomic mass is 9.75. The first-order valence-corrected chi connectivity index (χ1v) is 10.8. The highest BCUT2D eigenvalue weighted by molar-refractivity contribution is 6.07. The van der Waals surface area contributed by atoms with Gasteiger partial charge in [0.1, 0.15) is 5.82 Å². The van der Waals surface area contributed by atoms with E-state index in [0.717, 1.165) is 5.56 Å². The molecule has 8 nitrogen and oxygen atoms in total. The summed E-state index contributed by atoms with van der Waals surface area (Å²) >= 11 is 0. The van der Waals surface area contributed by atoms with Crippen LogP contribution in [0.5, 0.6) is 5.88 Å². The topological polar surface area (TPSA) is 95.3 Å². The Hall–Kier alpha value is -3.75. The maximum atomic E-state index is 14.7. The van der Waals surface area contributed by atoms with Crippen molar-refractivity contribution in [3.8, 4) is 17.1 Å². The van der Waals surface area contributed by atoms with Gasteiger partial charge in [0.2, 0.25) is 5.88 Å². The Morgan fingerprint density at radius 2 is 1.97 bits per heavy atom. The Balaban J connectivity index is 1.82. The number of pyridine rings is 1. The van der Waals surface area contributed by atoms with Crippen molar-refractivity contribution >= 4 is 22.9 Å². The average Bonchev–Trinajstić information content (AvgIpc) is 3.38. The number of methoxy groups -OCH3 is 1. The second-order valence-corrected chi connectivity index (χ2v) is 7.82. The summed E-state index contributed by atoms with van der Waals surface area (Å²) in [4.78, 5) is 28.2. The maximum Gasteiger partial charge on any atom is 0.419 e. The number of amides is 2. The van der Waals surface area contributed by atoms with Crippen LogP contribution in [0.3, 0.4) is 0 Å². The van der Waals surface area contributed by atoms with Crippen LogP contribution in [0.15, 0.2) is 42.3 Å². The van der Waals surface area contributed by atoms with Gasteiger partial charge in [0.25, 0.3) is 5.91 Å². The van der Waals surface area contributed by atoms with Gasteiger partial charge >= 0.3 is 6.09 Å². The molecule has 1 aliphatic heterocycles. The van der Waals surface area contributed by atoms with Crippen molar-refractivity contribution in [3.63, 3.8) is 0 Å². The molecule has 0 aliphatic carbocycles. The lowest BCUT2D eigenvalue weighted by Gasteiger charge is -2.30. The lowest BCUT2D eigenvalue weighted by molar-refractivity contribution is -0.116. The monoisotopic (exact) mass is 452 g/mol. The summed E-state index contributed by atoms with van der Waals surface area (Å²) in [5.74, 6) is -0.647. The third-order valence-corrected chi connectivity index (χ3v) is 6.21. The fourth-order valence-electron chi connectivity index (χ4n) is 4.25. The molecule has 0 radical (unpaired) electrons. The standard InChI is InChI=1S/C24H25FN4O4/c1-5-24(6-2,12-20-21(30)28-23(31)33-20)16-8-9-18(27-22(16)32-4)14-10-17(25)15-13-26-29(7-3)19(15)11-14/h8-13H,5-7H2,1-4H3,(H,28,30,31). The first kappa shape index (κ1) is 22.4. The summed E-state index contributed by atoms with van der Waals surface area (Å²) in [5.41, 5.74) is 1.90. The van der Waals surface area contributed by atoms with E-state index in [-0.39, 0.29) is 11.6 Å². The molecule has 0 atom stereocenters. The number of aromatic nitrogens is 3. The number of hydrogen-bond donors (Lipinski definition) is 1. The number of allylic oxidation sites excluding steroid dienone is 1. The van der Waals surface area contributed by atoms with E-state index in [9.17, 15) is 14.0 Å². The van der Waals surface area contributed by atoms with E-state index in [1.807, 2.05) is 32.9 Å². The molecule has 0 bridgehead atoms. The summed E-state index contributed by atoms with van der Waals surface area (Å²) < 4.78 is 27.1. The Kier molecular flexibility index (Phi) is 5.88. The van der Waals surface area contributed by atoms with Gasteiger partial charge in [0.05, 0.1) is 29.9 Å². The van der Waals surface area contributed by atoms with E-state index in [4.69, 9.17) is 9.47 Å². The SMILES string of the molecule is CCn1ncc2c(F)cc(-c3ccc(C(C=C4OC(=O)NC4=O)(CC)CC)c(OC)n3)cc21. The van der Waals surface area contributed by atoms with Crippen LogP contribution in [-0.4, -0.2) is 33.9 Å². The quantitative estimate of drug-likeness (QED) is 0.532. The van der Waals surface area contributed by atoms with Gasteiger partial charge in [0.15, 0.2) is 5.76 Å². The highest BCUT2D eigenvalue weighted by atomic mass is 19.1. The first-order chi connectivity index (χ1) is 15.9. The molecule has 1 aromatic carbocycles. The third-order valence-electron chi connectivity index (χ3n) is 6.21. The van der Waals surface area contributed by atoms with E-state index in [1.165, 1.54) is 19.4 Å². The summed E-state index contributed by atoms with van der Waals surface area (Å²) in [6, 6.07) is 6.94. The lowest BCUT2D eigenvalue weighted by Crippen LogP contribution is -2.25. The molecular formula is C24H25FN4O4. The zero-order valence-electron chi connectivity index (χ0n) is 18.9. The Morgan fingerprint density at radius 1 is 1.21 bits per heavy atom. The normalized spacial score (nSPS) is 15.2. The van der Waals surface area contributed by atoms with Crippen molar-refractivity contribution in [1.82, 2.24) is 20.1 Å². The molecule has 0 spiro atoms. The van der Waals surface area contributed by atoms with Crippen molar-refractivity contribution in [3.05, 3.63) is 53.7 Å². The van der Waals surface area contributed by atoms with Crippen molar-refractivity contribution < 1.29 is 23.5 Å². The van der Waals surface area contributed by atoms with E-state index in [1.54, 1.807) is 16.8 Å². The number of carbonyl (C=O) groups is 2. The minimum atomic E-state index is -0.795. The van der Waals surface area contributed by atoms with Crippen molar-refractivity contribution in [2.75, 3.05) is 7.11 Å². The van der Waals surface area contributed by atoms with Crippen molar-refractivity contribution in [2.24, 2.45) is 0 Å². The number of cyclic esters (lactones) is 1. The Labute approximate surface area is 190 Å².